The van der Waals surface area contributed by atoms with Crippen LogP contribution in [0.15, 0.2) is 140 Å². The Kier molecular flexibility index (Phi) is 12.5. The maximum absolute atomic E-state index is 12.9. The van der Waals surface area contributed by atoms with E-state index in [0.29, 0.717) is 30.2 Å². The van der Waals surface area contributed by atoms with Crippen molar-refractivity contribution in [1.29, 1.82) is 0 Å². The molecule has 1 unspecified atom stereocenters. The van der Waals surface area contributed by atoms with Gasteiger partial charge < -0.3 is 14.8 Å². The Labute approximate surface area is 276 Å². The second kappa shape index (κ2) is 17.1. The van der Waals surface area contributed by atoms with Gasteiger partial charge in [-0.05, 0) is 71.3 Å². The Morgan fingerprint density at radius 2 is 1.49 bits per heavy atom. The molecule has 6 rings (SSSR count). The Hall–Kier alpha value is -5.69. The molecule has 1 heterocycles. The number of carbonyl (C=O) groups excluding carboxylic acids is 2. The number of halogens is 1. The highest BCUT2D eigenvalue weighted by Gasteiger charge is 2.35. The van der Waals surface area contributed by atoms with Gasteiger partial charge in [0.15, 0.2) is 5.78 Å². The zero-order chi connectivity index (χ0) is 33.6. The summed E-state index contributed by atoms with van der Waals surface area (Å²) in [5.41, 5.74) is 5.55. The molecule has 6 nitrogen and oxygen atoms in total. The Bertz CT molecular complexity index is 1740. The molecule has 1 atom stereocenters. The fraction of sp³-hybridized carbons (Fsp3) is 0.150. The van der Waals surface area contributed by atoms with Gasteiger partial charge in [0.2, 0.25) is 0 Å². The van der Waals surface area contributed by atoms with Gasteiger partial charge in [-0.25, -0.2) is 9.18 Å². The summed E-state index contributed by atoms with van der Waals surface area (Å²) in [5, 5.41) is 2.99. The van der Waals surface area contributed by atoms with Gasteiger partial charge in [-0.2, -0.15) is 0 Å². The predicted molar refractivity (Wildman–Crippen MR) is 187 cm³/mol. The van der Waals surface area contributed by atoms with Gasteiger partial charge in [-0.15, -0.1) is 0 Å². The zero-order valence-electron chi connectivity index (χ0n) is 26.9. The number of nitrogens with one attached hydrogen (secondary N) is 1. The number of ketones is 1. The molecule has 1 saturated heterocycles. The largest absolute Gasteiger partial charge is 0.497 e. The van der Waals surface area contributed by atoms with Crippen LogP contribution in [0, 0.1) is 5.82 Å². The molecule has 0 saturated carbocycles. The summed E-state index contributed by atoms with van der Waals surface area (Å²) in [6, 6.07) is 39.1. The van der Waals surface area contributed by atoms with E-state index in [1.807, 2.05) is 105 Å². The third-order valence-electron chi connectivity index (χ3n) is 7.36. The van der Waals surface area contributed by atoms with Gasteiger partial charge in [0, 0.05) is 29.4 Å². The summed E-state index contributed by atoms with van der Waals surface area (Å²) in [6.45, 7) is 8.24. The highest BCUT2D eigenvalue weighted by molar-refractivity contribution is 6.04. The number of ether oxygens (including phenoxy) is 2. The summed E-state index contributed by atoms with van der Waals surface area (Å²) in [4.78, 5) is 25.6. The van der Waals surface area contributed by atoms with Crippen LogP contribution < -0.4 is 19.7 Å². The quantitative estimate of drug-likeness (QED) is 0.130. The van der Waals surface area contributed by atoms with Crippen molar-refractivity contribution in [3.63, 3.8) is 0 Å². The van der Waals surface area contributed by atoms with E-state index in [-0.39, 0.29) is 23.7 Å². The van der Waals surface area contributed by atoms with E-state index in [0.717, 1.165) is 27.9 Å². The van der Waals surface area contributed by atoms with Crippen LogP contribution in [0.5, 0.6) is 11.5 Å². The lowest BCUT2D eigenvalue weighted by molar-refractivity contribution is 0.104. The molecule has 1 aliphatic rings. The van der Waals surface area contributed by atoms with Crippen molar-refractivity contribution in [1.82, 2.24) is 5.32 Å². The van der Waals surface area contributed by atoms with Crippen molar-refractivity contribution < 1.29 is 23.5 Å². The van der Waals surface area contributed by atoms with Gasteiger partial charge in [0.1, 0.15) is 23.9 Å². The van der Waals surface area contributed by atoms with Gasteiger partial charge >= 0.3 is 6.03 Å². The molecule has 5 aromatic rings. The lowest BCUT2D eigenvalue weighted by atomic mass is 10.0. The number of rotatable bonds is 9. The van der Waals surface area contributed by atoms with Crippen LogP contribution in [0.1, 0.15) is 41.4 Å². The standard InChI is InChI=1S/C29H26N2O3.C9H7FO.C2H6/c1-33-25-16-17-26(28(18-25)34-20-21-8-4-2-5-9-21)27-19-30-29(32)31(27)24-14-12-23(13-15-24)22-10-6-3-7-11-22;1-2-9(11)7-3-5-8(10)6-4-7;1-2/h2-18,27H,19-20H2,1H3,(H,30,32);2-6H,1H2;1-2H3. The van der Waals surface area contributed by atoms with Crippen molar-refractivity contribution in [3.05, 3.63) is 163 Å². The van der Waals surface area contributed by atoms with E-state index in [9.17, 15) is 14.0 Å². The van der Waals surface area contributed by atoms with Crippen molar-refractivity contribution in [2.75, 3.05) is 18.6 Å². The van der Waals surface area contributed by atoms with Gasteiger partial charge in [-0.3, -0.25) is 9.69 Å². The number of benzene rings is 5. The number of carbonyl (C=O) groups is 2. The van der Waals surface area contributed by atoms with Crippen LogP contribution in [-0.2, 0) is 6.61 Å². The van der Waals surface area contributed by atoms with Gasteiger partial charge in [0.05, 0.1) is 13.2 Å². The smallest absolute Gasteiger partial charge is 0.322 e. The average molecular weight is 631 g/mol. The molecule has 7 heteroatoms. The van der Waals surface area contributed by atoms with Crippen LogP contribution in [0.3, 0.4) is 0 Å². The molecule has 1 N–H and O–H groups in total. The molecule has 0 spiro atoms. The van der Waals surface area contributed by atoms with E-state index >= 15 is 0 Å². The Morgan fingerprint density at radius 3 is 2.11 bits per heavy atom. The van der Waals surface area contributed by atoms with E-state index in [2.05, 4.69) is 24.0 Å². The fourth-order valence-corrected chi connectivity index (χ4v) is 5.00. The zero-order valence-corrected chi connectivity index (χ0v) is 26.9. The van der Waals surface area contributed by atoms with Crippen LogP contribution in [0.2, 0.25) is 0 Å². The second-order valence-corrected chi connectivity index (χ2v) is 10.2. The summed E-state index contributed by atoms with van der Waals surface area (Å²) < 4.78 is 24.0. The number of nitrogens with zero attached hydrogens (tertiary/aromatic N) is 1. The predicted octanol–water partition coefficient (Wildman–Crippen LogP) is 9.43. The lowest BCUT2D eigenvalue weighted by Crippen LogP contribution is -2.29. The molecule has 0 aromatic heterocycles. The van der Waals surface area contributed by atoms with Crippen LogP contribution in [-0.4, -0.2) is 25.5 Å². The van der Waals surface area contributed by atoms with Gasteiger partial charge in [-0.1, -0.05) is 93.2 Å². The first-order chi connectivity index (χ1) is 23.0. The van der Waals surface area contributed by atoms with Crippen molar-refractivity contribution in [3.8, 4) is 22.6 Å². The average Bonchev–Trinajstić information content (AvgIpc) is 3.53. The van der Waals surface area contributed by atoms with Crippen molar-refractivity contribution in [2.45, 2.75) is 26.5 Å². The summed E-state index contributed by atoms with van der Waals surface area (Å²) in [7, 11) is 1.64. The molecule has 1 fully saturated rings. The summed E-state index contributed by atoms with van der Waals surface area (Å²) >= 11 is 0. The van der Waals surface area contributed by atoms with Crippen LogP contribution >= 0.6 is 0 Å². The summed E-state index contributed by atoms with van der Waals surface area (Å²) in [6.07, 6.45) is 1.20. The summed E-state index contributed by atoms with van der Waals surface area (Å²) in [5.74, 6) is 0.883. The maximum atomic E-state index is 12.9. The van der Waals surface area contributed by atoms with E-state index < -0.39 is 0 Å². The topological polar surface area (TPSA) is 67.9 Å². The molecule has 47 heavy (non-hydrogen) atoms. The third kappa shape index (κ3) is 8.95. The SMILES string of the molecule is C=CC(=O)c1ccc(F)cc1.CC.COc1ccc(C2CNC(=O)N2c2ccc(-c3ccccc3)cc2)c(OCc2ccccc2)c1. The molecule has 0 bridgehead atoms. The third-order valence-corrected chi connectivity index (χ3v) is 7.36. The minimum absolute atomic E-state index is 0.123. The minimum atomic E-state index is -0.342. The molecule has 5 aromatic carbocycles. The number of methoxy groups -OCH3 is 1. The maximum Gasteiger partial charge on any atom is 0.322 e. The number of allylic oxidation sites excluding steroid dienone is 1. The van der Waals surface area contributed by atoms with Gasteiger partial charge in [0.25, 0.3) is 0 Å². The number of hydrogen-bond acceptors (Lipinski definition) is 4. The first-order valence-corrected chi connectivity index (χ1v) is 15.5. The molecule has 2 amide bonds. The molecule has 1 aliphatic heterocycles. The monoisotopic (exact) mass is 630 g/mol. The fourth-order valence-electron chi connectivity index (χ4n) is 5.00. The number of hydrogen-bond donors (Lipinski definition) is 1. The highest BCUT2D eigenvalue weighted by Crippen LogP contribution is 2.38. The van der Waals surface area contributed by atoms with Crippen LogP contribution in [0.25, 0.3) is 11.1 Å². The normalized spacial score (nSPS) is 13.2. The number of amides is 2. The van der Waals surface area contributed by atoms with Crippen molar-refractivity contribution >= 4 is 17.5 Å². The Morgan fingerprint density at radius 1 is 0.872 bits per heavy atom. The molecule has 0 radical (unpaired) electrons. The Balaban J connectivity index is 0.000000325. The lowest BCUT2D eigenvalue weighted by Gasteiger charge is -2.26. The minimum Gasteiger partial charge on any atom is -0.497 e. The highest BCUT2D eigenvalue weighted by atomic mass is 19.1. The first kappa shape index (κ1) is 34.2. The van der Waals surface area contributed by atoms with E-state index in [4.69, 9.17) is 9.47 Å². The van der Waals surface area contributed by atoms with Crippen molar-refractivity contribution in [2.24, 2.45) is 0 Å². The van der Waals surface area contributed by atoms with E-state index in [1.54, 1.807) is 12.0 Å². The van der Waals surface area contributed by atoms with E-state index in [1.165, 1.54) is 30.3 Å². The molecule has 240 valence electrons. The molecular formula is C40H39FN2O4. The van der Waals surface area contributed by atoms with Crippen LogP contribution in [0.4, 0.5) is 14.9 Å². The second-order valence-electron chi connectivity index (χ2n) is 10.2. The first-order valence-electron chi connectivity index (χ1n) is 15.5. The number of urea groups is 1. The molecule has 0 aliphatic carbocycles. The number of anilines is 1. The molecular weight excluding hydrogens is 591 g/mol.